The maximum absolute atomic E-state index is 10.8. The molecule has 0 atom stereocenters. The number of aromatic nitrogens is 3. The van der Waals surface area contributed by atoms with Crippen molar-refractivity contribution in [3.8, 4) is 0 Å². The Morgan fingerprint density at radius 3 is 2.90 bits per heavy atom. The zero-order chi connectivity index (χ0) is 15.4. The summed E-state index contributed by atoms with van der Waals surface area (Å²) in [6.45, 7) is 0.510. The predicted molar refractivity (Wildman–Crippen MR) is 82.0 cm³/mol. The topological polar surface area (TPSA) is 111 Å². The lowest BCUT2D eigenvalue weighted by Gasteiger charge is -2.06. The van der Waals surface area contributed by atoms with Crippen LogP contribution in [0, 0.1) is 0 Å². The smallest absolute Gasteiger partial charge is 0.313 e. The molecule has 0 aromatic carbocycles. The number of aryl methyl sites for hydroxylation is 1. The highest BCUT2D eigenvalue weighted by Crippen LogP contribution is 2.25. The van der Waals surface area contributed by atoms with Crippen molar-refractivity contribution in [3.63, 3.8) is 0 Å². The van der Waals surface area contributed by atoms with Gasteiger partial charge < -0.3 is 15.4 Å². The molecule has 0 aliphatic carbocycles. The van der Waals surface area contributed by atoms with Gasteiger partial charge in [0.15, 0.2) is 10.8 Å². The van der Waals surface area contributed by atoms with E-state index in [0.717, 1.165) is 16.2 Å². The van der Waals surface area contributed by atoms with Crippen LogP contribution in [0.4, 0.5) is 0 Å². The van der Waals surface area contributed by atoms with E-state index in [0.29, 0.717) is 29.3 Å². The molecule has 0 saturated carbocycles. The third kappa shape index (κ3) is 4.18. The van der Waals surface area contributed by atoms with E-state index in [1.807, 2.05) is 10.6 Å². The van der Waals surface area contributed by atoms with Gasteiger partial charge in [-0.1, -0.05) is 11.8 Å². The summed E-state index contributed by atoms with van der Waals surface area (Å²) in [4.78, 5) is 30.2. The first-order chi connectivity index (χ1) is 9.97. The number of rotatable bonds is 7. The molecule has 112 valence electrons. The summed E-state index contributed by atoms with van der Waals surface area (Å²) in [5.41, 5.74) is 6.47. The fraction of sp³-hybridized carbons (Fsp3) is 0.333. The van der Waals surface area contributed by atoms with E-state index in [1.54, 1.807) is 6.20 Å². The number of carbonyl (C=O) groups is 2. The van der Waals surface area contributed by atoms with Gasteiger partial charge in [-0.2, -0.15) is 0 Å². The monoisotopic (exact) mass is 372 g/mol. The average molecular weight is 373 g/mol. The standard InChI is InChI=1S/C12H13BrN4O3S/c13-7-4-8-11(15-5-7)17(3-1-2-9(14)18)12(16-8)21-6-10(19)20/h4-5H,1-3,6H2,(H2,14,18)(H,19,20). The lowest BCUT2D eigenvalue weighted by Crippen LogP contribution is -2.12. The summed E-state index contributed by atoms with van der Waals surface area (Å²) in [5.74, 6) is -1.36. The lowest BCUT2D eigenvalue weighted by molar-refractivity contribution is -0.133. The Morgan fingerprint density at radius 1 is 1.48 bits per heavy atom. The number of halogens is 1. The third-order valence-electron chi connectivity index (χ3n) is 2.65. The van der Waals surface area contributed by atoms with Crippen LogP contribution in [-0.4, -0.2) is 37.3 Å². The van der Waals surface area contributed by atoms with E-state index in [-0.39, 0.29) is 18.1 Å². The third-order valence-corrected chi connectivity index (χ3v) is 4.04. The number of amides is 1. The summed E-state index contributed by atoms with van der Waals surface area (Å²) < 4.78 is 2.62. The normalized spacial score (nSPS) is 10.9. The number of carbonyl (C=O) groups excluding carboxylic acids is 1. The highest BCUT2D eigenvalue weighted by atomic mass is 79.9. The van der Waals surface area contributed by atoms with Crippen molar-refractivity contribution in [2.24, 2.45) is 5.73 Å². The average Bonchev–Trinajstić information content (AvgIpc) is 2.73. The van der Waals surface area contributed by atoms with Crippen LogP contribution in [0.15, 0.2) is 21.9 Å². The molecule has 21 heavy (non-hydrogen) atoms. The second kappa shape index (κ2) is 6.90. The first kappa shape index (κ1) is 15.8. The number of aliphatic carboxylic acids is 1. The van der Waals surface area contributed by atoms with Crippen LogP contribution in [0.1, 0.15) is 12.8 Å². The number of nitrogens with two attached hydrogens (primary N) is 1. The quantitative estimate of drug-likeness (QED) is 0.714. The largest absolute Gasteiger partial charge is 0.481 e. The van der Waals surface area contributed by atoms with Gasteiger partial charge in [0.2, 0.25) is 5.91 Å². The zero-order valence-corrected chi connectivity index (χ0v) is 13.4. The number of pyridine rings is 1. The molecule has 0 bridgehead atoms. The summed E-state index contributed by atoms with van der Waals surface area (Å²) in [6, 6.07) is 1.82. The SMILES string of the molecule is NC(=O)CCCn1c(SCC(=O)O)nc2cc(Br)cnc21. The van der Waals surface area contributed by atoms with Crippen molar-refractivity contribution in [1.82, 2.24) is 14.5 Å². The van der Waals surface area contributed by atoms with Gasteiger partial charge in [-0.05, 0) is 28.4 Å². The van der Waals surface area contributed by atoms with Gasteiger partial charge in [0.25, 0.3) is 0 Å². The molecule has 0 saturated heterocycles. The van der Waals surface area contributed by atoms with E-state index in [1.165, 1.54) is 0 Å². The Kier molecular flexibility index (Phi) is 5.18. The molecule has 7 nitrogen and oxygen atoms in total. The van der Waals surface area contributed by atoms with Gasteiger partial charge in [-0.25, -0.2) is 9.97 Å². The fourth-order valence-corrected chi connectivity index (χ4v) is 2.88. The van der Waals surface area contributed by atoms with Crippen molar-refractivity contribution in [2.45, 2.75) is 24.5 Å². The molecule has 2 heterocycles. The first-order valence-corrected chi connectivity index (χ1v) is 7.90. The number of fused-ring (bicyclic) bond motifs is 1. The van der Waals surface area contributed by atoms with E-state index in [2.05, 4.69) is 25.9 Å². The van der Waals surface area contributed by atoms with Crippen LogP contribution in [0.5, 0.6) is 0 Å². The Balaban J connectivity index is 2.29. The number of carboxylic acids is 1. The number of hydrogen-bond acceptors (Lipinski definition) is 5. The maximum Gasteiger partial charge on any atom is 0.313 e. The van der Waals surface area contributed by atoms with Gasteiger partial charge in [0, 0.05) is 23.6 Å². The zero-order valence-electron chi connectivity index (χ0n) is 11.0. The Hall–Kier alpha value is -1.61. The van der Waals surface area contributed by atoms with Gasteiger partial charge in [-0.3, -0.25) is 9.59 Å². The van der Waals surface area contributed by atoms with Crippen molar-refractivity contribution in [1.29, 1.82) is 0 Å². The minimum absolute atomic E-state index is 0.0830. The van der Waals surface area contributed by atoms with Crippen LogP contribution < -0.4 is 5.73 Å². The second-order valence-corrected chi connectivity index (χ2v) is 6.15. The minimum Gasteiger partial charge on any atom is -0.481 e. The van der Waals surface area contributed by atoms with E-state index in [9.17, 15) is 9.59 Å². The Morgan fingerprint density at radius 2 is 2.24 bits per heavy atom. The maximum atomic E-state index is 10.8. The molecule has 2 aromatic rings. The molecule has 0 fully saturated rings. The molecule has 0 aliphatic heterocycles. The summed E-state index contributed by atoms with van der Waals surface area (Å²) in [6.07, 6.45) is 2.47. The number of imidazole rings is 1. The Bertz CT molecular complexity index is 688. The molecular formula is C12H13BrN4O3S. The van der Waals surface area contributed by atoms with Crippen LogP contribution in [0.2, 0.25) is 0 Å². The summed E-state index contributed by atoms with van der Waals surface area (Å²) in [5, 5.41) is 9.36. The number of carboxylic acid groups (broad SMARTS) is 1. The molecule has 3 N–H and O–H groups in total. The molecule has 2 rings (SSSR count). The lowest BCUT2D eigenvalue weighted by atomic mass is 10.3. The van der Waals surface area contributed by atoms with Crippen molar-refractivity contribution in [3.05, 3.63) is 16.7 Å². The van der Waals surface area contributed by atoms with Crippen molar-refractivity contribution in [2.75, 3.05) is 5.75 Å². The number of thioether (sulfide) groups is 1. The fourth-order valence-electron chi connectivity index (χ4n) is 1.82. The minimum atomic E-state index is -0.912. The van der Waals surface area contributed by atoms with E-state index >= 15 is 0 Å². The van der Waals surface area contributed by atoms with Crippen LogP contribution in [0.3, 0.4) is 0 Å². The highest BCUT2D eigenvalue weighted by molar-refractivity contribution is 9.10. The summed E-state index contributed by atoms with van der Waals surface area (Å²) in [7, 11) is 0. The van der Waals surface area contributed by atoms with Crippen LogP contribution in [-0.2, 0) is 16.1 Å². The molecule has 0 unspecified atom stereocenters. The Labute approximate surface area is 133 Å². The van der Waals surface area contributed by atoms with E-state index in [4.69, 9.17) is 10.8 Å². The van der Waals surface area contributed by atoms with Gasteiger partial charge in [-0.15, -0.1) is 0 Å². The molecule has 1 amide bonds. The molecule has 0 radical (unpaired) electrons. The van der Waals surface area contributed by atoms with E-state index < -0.39 is 5.97 Å². The molecule has 9 heteroatoms. The molecule has 0 aliphatic rings. The predicted octanol–water partition coefficient (Wildman–Crippen LogP) is 1.64. The van der Waals surface area contributed by atoms with Gasteiger partial charge in [0.1, 0.15) is 5.52 Å². The van der Waals surface area contributed by atoms with Crippen LogP contribution in [0.25, 0.3) is 11.2 Å². The number of primary amides is 1. The number of hydrogen-bond donors (Lipinski definition) is 2. The molecule has 2 aromatic heterocycles. The van der Waals surface area contributed by atoms with Gasteiger partial charge >= 0.3 is 5.97 Å². The molecular weight excluding hydrogens is 360 g/mol. The first-order valence-electron chi connectivity index (χ1n) is 6.12. The van der Waals surface area contributed by atoms with Crippen LogP contribution >= 0.6 is 27.7 Å². The van der Waals surface area contributed by atoms with Crippen molar-refractivity contribution >= 4 is 50.7 Å². The van der Waals surface area contributed by atoms with Crippen molar-refractivity contribution < 1.29 is 14.7 Å². The summed E-state index contributed by atoms with van der Waals surface area (Å²) >= 11 is 4.45. The van der Waals surface area contributed by atoms with Gasteiger partial charge in [0.05, 0.1) is 5.75 Å². The number of nitrogens with zero attached hydrogens (tertiary/aromatic N) is 3. The molecule has 0 spiro atoms. The second-order valence-electron chi connectivity index (χ2n) is 4.29. The highest BCUT2D eigenvalue weighted by Gasteiger charge is 2.14.